The van der Waals surface area contributed by atoms with Gasteiger partial charge in [-0.2, -0.15) is 0 Å². The molecule has 0 saturated carbocycles. The molecule has 19 heavy (non-hydrogen) atoms. The molecule has 0 amide bonds. The summed E-state index contributed by atoms with van der Waals surface area (Å²) in [5.41, 5.74) is 0.721. The summed E-state index contributed by atoms with van der Waals surface area (Å²) in [6, 6.07) is 8.35. The van der Waals surface area contributed by atoms with E-state index < -0.39 is 0 Å². The summed E-state index contributed by atoms with van der Waals surface area (Å²) in [6.07, 6.45) is 0. The van der Waals surface area contributed by atoms with Crippen molar-refractivity contribution >= 4 is 5.78 Å². The number of ketones is 1. The highest BCUT2D eigenvalue weighted by Crippen LogP contribution is 2.13. The first-order chi connectivity index (χ1) is 8.91. The largest absolute Gasteiger partial charge is 0.492 e. The Morgan fingerprint density at radius 2 is 1.63 bits per heavy atom. The van der Waals surface area contributed by atoms with Gasteiger partial charge in [0.1, 0.15) is 12.4 Å². The van der Waals surface area contributed by atoms with E-state index in [1.165, 1.54) is 0 Å². The molecule has 0 aromatic heterocycles. The molecule has 0 bridgehead atoms. The fourth-order valence-electron chi connectivity index (χ4n) is 2.17. The molecule has 0 fully saturated rings. The van der Waals surface area contributed by atoms with Crippen LogP contribution in [0.25, 0.3) is 0 Å². The molecular formula is C16H25NO2. The predicted molar refractivity (Wildman–Crippen MR) is 78.9 cm³/mol. The van der Waals surface area contributed by atoms with Gasteiger partial charge in [0.2, 0.25) is 0 Å². The average Bonchev–Trinajstić information content (AvgIpc) is 2.34. The highest BCUT2D eigenvalue weighted by atomic mass is 16.5. The van der Waals surface area contributed by atoms with Gasteiger partial charge in [-0.1, -0.05) is 0 Å². The van der Waals surface area contributed by atoms with Crippen LogP contribution >= 0.6 is 0 Å². The maximum absolute atomic E-state index is 11.2. The van der Waals surface area contributed by atoms with Gasteiger partial charge in [-0.25, -0.2) is 0 Å². The maximum atomic E-state index is 11.2. The summed E-state index contributed by atoms with van der Waals surface area (Å²) in [4.78, 5) is 13.6. The SMILES string of the molecule is CC(=O)c1ccc(OCCN(C(C)C)C(C)C)cc1. The molecule has 0 spiro atoms. The third-order valence-electron chi connectivity index (χ3n) is 3.21. The lowest BCUT2D eigenvalue weighted by atomic mass is 10.1. The first-order valence-corrected chi connectivity index (χ1v) is 6.91. The van der Waals surface area contributed by atoms with Crippen molar-refractivity contribution in [2.45, 2.75) is 46.7 Å². The molecule has 0 saturated heterocycles. The molecular weight excluding hydrogens is 238 g/mol. The van der Waals surface area contributed by atoms with Crippen LogP contribution in [-0.2, 0) is 0 Å². The topological polar surface area (TPSA) is 29.5 Å². The van der Waals surface area contributed by atoms with Crippen molar-refractivity contribution in [1.29, 1.82) is 0 Å². The van der Waals surface area contributed by atoms with Gasteiger partial charge in [0.05, 0.1) is 0 Å². The third-order valence-corrected chi connectivity index (χ3v) is 3.21. The Hall–Kier alpha value is -1.35. The van der Waals surface area contributed by atoms with E-state index in [0.717, 1.165) is 17.9 Å². The lowest BCUT2D eigenvalue weighted by Crippen LogP contribution is -2.39. The fourth-order valence-corrected chi connectivity index (χ4v) is 2.17. The second-order valence-electron chi connectivity index (χ2n) is 5.35. The molecule has 0 radical (unpaired) electrons. The molecule has 106 valence electrons. The van der Waals surface area contributed by atoms with Gasteiger partial charge in [0.15, 0.2) is 5.78 Å². The second kappa shape index (κ2) is 7.29. The molecule has 0 atom stereocenters. The number of hydrogen-bond acceptors (Lipinski definition) is 3. The van der Waals surface area contributed by atoms with E-state index in [4.69, 9.17) is 4.74 Å². The molecule has 1 aromatic carbocycles. The Balaban J connectivity index is 2.46. The molecule has 1 rings (SSSR count). The standard InChI is InChI=1S/C16H25NO2/c1-12(2)17(13(3)4)10-11-19-16-8-6-15(7-9-16)14(5)18/h6-9,12-13H,10-11H2,1-5H3. The van der Waals surface area contributed by atoms with Gasteiger partial charge in [-0.3, -0.25) is 9.69 Å². The molecule has 0 heterocycles. The van der Waals surface area contributed by atoms with Crippen LogP contribution in [-0.4, -0.2) is 35.9 Å². The quantitative estimate of drug-likeness (QED) is 0.706. The highest BCUT2D eigenvalue weighted by Gasteiger charge is 2.12. The van der Waals surface area contributed by atoms with Crippen LogP contribution in [0.15, 0.2) is 24.3 Å². The van der Waals surface area contributed by atoms with Gasteiger partial charge in [-0.05, 0) is 58.9 Å². The number of nitrogens with zero attached hydrogens (tertiary/aromatic N) is 1. The van der Waals surface area contributed by atoms with Gasteiger partial charge in [0, 0.05) is 24.2 Å². The Morgan fingerprint density at radius 1 is 1.11 bits per heavy atom. The zero-order valence-corrected chi connectivity index (χ0v) is 12.6. The van der Waals surface area contributed by atoms with Crippen molar-refractivity contribution in [2.75, 3.05) is 13.2 Å². The van der Waals surface area contributed by atoms with Crippen LogP contribution in [0.5, 0.6) is 5.75 Å². The van der Waals surface area contributed by atoms with E-state index in [0.29, 0.717) is 18.7 Å². The minimum atomic E-state index is 0.0809. The summed E-state index contributed by atoms with van der Waals surface area (Å²) in [6.45, 7) is 11.9. The Bertz CT molecular complexity index is 388. The van der Waals surface area contributed by atoms with Crippen molar-refractivity contribution < 1.29 is 9.53 Å². The second-order valence-corrected chi connectivity index (χ2v) is 5.35. The normalized spacial score (nSPS) is 11.4. The van der Waals surface area contributed by atoms with Gasteiger partial charge >= 0.3 is 0 Å². The molecule has 0 N–H and O–H groups in total. The summed E-state index contributed by atoms with van der Waals surface area (Å²) in [5, 5.41) is 0. The van der Waals surface area contributed by atoms with Crippen molar-refractivity contribution in [2.24, 2.45) is 0 Å². The van der Waals surface area contributed by atoms with Crippen LogP contribution in [0.3, 0.4) is 0 Å². The summed E-state index contributed by atoms with van der Waals surface area (Å²) in [5.74, 6) is 0.898. The summed E-state index contributed by atoms with van der Waals surface area (Å²) >= 11 is 0. The first-order valence-electron chi connectivity index (χ1n) is 6.91. The van der Waals surface area contributed by atoms with E-state index in [9.17, 15) is 4.79 Å². The van der Waals surface area contributed by atoms with Crippen molar-refractivity contribution in [3.05, 3.63) is 29.8 Å². The van der Waals surface area contributed by atoms with E-state index in [1.807, 2.05) is 12.1 Å². The first kappa shape index (κ1) is 15.7. The van der Waals surface area contributed by atoms with Crippen LogP contribution < -0.4 is 4.74 Å². The number of hydrogen-bond donors (Lipinski definition) is 0. The maximum Gasteiger partial charge on any atom is 0.159 e. The monoisotopic (exact) mass is 263 g/mol. The molecule has 0 aliphatic heterocycles. The highest BCUT2D eigenvalue weighted by molar-refractivity contribution is 5.94. The molecule has 0 aliphatic carbocycles. The number of ether oxygens (including phenoxy) is 1. The number of benzene rings is 1. The number of carbonyl (C=O) groups is 1. The Labute approximate surface area is 116 Å². The minimum absolute atomic E-state index is 0.0809. The van der Waals surface area contributed by atoms with Crippen molar-refractivity contribution in [1.82, 2.24) is 4.90 Å². The zero-order valence-electron chi connectivity index (χ0n) is 12.6. The molecule has 3 heteroatoms. The fraction of sp³-hybridized carbons (Fsp3) is 0.562. The van der Waals surface area contributed by atoms with E-state index in [2.05, 4.69) is 32.6 Å². The van der Waals surface area contributed by atoms with E-state index in [1.54, 1.807) is 19.1 Å². The van der Waals surface area contributed by atoms with Crippen LogP contribution in [0, 0.1) is 0 Å². The number of rotatable bonds is 7. The number of carbonyl (C=O) groups excluding carboxylic acids is 1. The average molecular weight is 263 g/mol. The predicted octanol–water partition coefficient (Wildman–Crippen LogP) is 3.39. The van der Waals surface area contributed by atoms with Gasteiger partial charge in [0.25, 0.3) is 0 Å². The summed E-state index contributed by atoms with van der Waals surface area (Å²) < 4.78 is 5.72. The lowest BCUT2D eigenvalue weighted by molar-refractivity contribution is 0.101. The van der Waals surface area contributed by atoms with Crippen molar-refractivity contribution in [3.63, 3.8) is 0 Å². The van der Waals surface area contributed by atoms with Crippen LogP contribution in [0.2, 0.25) is 0 Å². The zero-order chi connectivity index (χ0) is 14.4. The number of Topliss-reactive ketones (excluding diaryl/α,β-unsaturated/α-hetero) is 1. The van der Waals surface area contributed by atoms with Gasteiger partial charge in [-0.15, -0.1) is 0 Å². The molecule has 0 aliphatic rings. The molecule has 0 unspecified atom stereocenters. The molecule has 1 aromatic rings. The Kier molecular flexibility index (Phi) is 6.03. The smallest absolute Gasteiger partial charge is 0.159 e. The van der Waals surface area contributed by atoms with Crippen LogP contribution in [0.4, 0.5) is 0 Å². The minimum Gasteiger partial charge on any atom is -0.492 e. The Morgan fingerprint density at radius 3 is 2.05 bits per heavy atom. The van der Waals surface area contributed by atoms with E-state index in [-0.39, 0.29) is 5.78 Å². The lowest BCUT2D eigenvalue weighted by Gasteiger charge is -2.30. The van der Waals surface area contributed by atoms with Gasteiger partial charge < -0.3 is 4.74 Å². The van der Waals surface area contributed by atoms with Crippen molar-refractivity contribution in [3.8, 4) is 5.75 Å². The van der Waals surface area contributed by atoms with Crippen LogP contribution in [0.1, 0.15) is 45.0 Å². The molecule has 3 nitrogen and oxygen atoms in total. The third kappa shape index (κ3) is 5.03. The van der Waals surface area contributed by atoms with E-state index >= 15 is 0 Å². The summed E-state index contributed by atoms with van der Waals surface area (Å²) in [7, 11) is 0.